The molecule has 1 aliphatic rings. The maximum Gasteiger partial charge on any atom is 0.528 e. The highest BCUT2D eigenvalue weighted by Gasteiger charge is 2.25. The minimum Gasteiger partial charge on any atom is -0.427 e. The molecule has 1 aliphatic heterocycles. The normalized spacial score (nSPS) is 26.2. The van der Waals surface area contributed by atoms with E-state index >= 15 is 0 Å². The van der Waals surface area contributed by atoms with Crippen LogP contribution < -0.4 is 10.8 Å². The van der Waals surface area contributed by atoms with Crippen LogP contribution >= 0.6 is 0 Å². The fourth-order valence-electron chi connectivity index (χ4n) is 1.37. The van der Waals surface area contributed by atoms with Crippen LogP contribution in [0.1, 0.15) is 27.2 Å². The van der Waals surface area contributed by atoms with Crippen LogP contribution in [-0.2, 0) is 9.57 Å². The molecule has 0 aromatic rings. The van der Waals surface area contributed by atoms with Crippen molar-refractivity contribution in [3.05, 3.63) is 0 Å². The molecule has 1 fully saturated rings. The third-order valence-corrected chi connectivity index (χ3v) is 2.13. The Morgan fingerprint density at radius 1 is 1.50 bits per heavy atom. The third kappa shape index (κ3) is 4.78. The van der Waals surface area contributed by atoms with Gasteiger partial charge >= 0.3 is 6.16 Å². The first-order chi connectivity index (χ1) is 7.38. The van der Waals surface area contributed by atoms with Crippen molar-refractivity contribution < 1.29 is 19.5 Å². The standard InChI is InChI=1S/C10H20N2O4/c1-10(2,3)15-9(14)16-12-7-4-5-11-6-8(7)13/h7-8,11-13H,4-6H2,1-3H3/t7-,8-/m0/s1. The summed E-state index contributed by atoms with van der Waals surface area (Å²) in [7, 11) is 0. The van der Waals surface area contributed by atoms with Crippen molar-refractivity contribution in [2.75, 3.05) is 13.1 Å². The largest absolute Gasteiger partial charge is 0.528 e. The van der Waals surface area contributed by atoms with Crippen molar-refractivity contribution in [3.63, 3.8) is 0 Å². The van der Waals surface area contributed by atoms with Crippen LogP contribution in [0, 0.1) is 0 Å². The number of rotatable bonds is 2. The van der Waals surface area contributed by atoms with Crippen molar-refractivity contribution in [2.24, 2.45) is 0 Å². The number of hydrogen-bond donors (Lipinski definition) is 3. The Bertz CT molecular complexity index is 239. The van der Waals surface area contributed by atoms with E-state index in [-0.39, 0.29) is 6.04 Å². The fraction of sp³-hybridized carbons (Fsp3) is 0.900. The van der Waals surface area contributed by atoms with Gasteiger partial charge in [-0.3, -0.25) is 0 Å². The van der Waals surface area contributed by atoms with Crippen molar-refractivity contribution in [3.8, 4) is 0 Å². The Morgan fingerprint density at radius 3 is 2.75 bits per heavy atom. The summed E-state index contributed by atoms with van der Waals surface area (Å²) in [5.41, 5.74) is 1.95. The summed E-state index contributed by atoms with van der Waals surface area (Å²) < 4.78 is 4.94. The number of hydrogen-bond acceptors (Lipinski definition) is 6. The molecular formula is C10H20N2O4. The Labute approximate surface area is 95.3 Å². The minimum absolute atomic E-state index is 0.242. The number of carbonyl (C=O) groups is 1. The van der Waals surface area contributed by atoms with Gasteiger partial charge in [0.1, 0.15) is 5.60 Å². The van der Waals surface area contributed by atoms with Crippen molar-refractivity contribution in [1.29, 1.82) is 0 Å². The molecule has 6 heteroatoms. The van der Waals surface area contributed by atoms with Crippen molar-refractivity contribution in [2.45, 2.75) is 44.9 Å². The Kier molecular flexibility index (Phi) is 4.52. The zero-order valence-electron chi connectivity index (χ0n) is 9.95. The van der Waals surface area contributed by atoms with E-state index in [1.807, 2.05) is 0 Å². The van der Waals surface area contributed by atoms with Crippen LogP contribution in [0.3, 0.4) is 0 Å². The smallest absolute Gasteiger partial charge is 0.427 e. The predicted octanol–water partition coefficient (Wildman–Crippen LogP) is 0.165. The number of nitrogens with one attached hydrogen (secondary N) is 2. The van der Waals surface area contributed by atoms with Crippen molar-refractivity contribution in [1.82, 2.24) is 10.8 Å². The second kappa shape index (κ2) is 5.47. The summed E-state index contributed by atoms with van der Waals surface area (Å²) in [6.45, 7) is 6.55. The van der Waals surface area contributed by atoms with Gasteiger partial charge in [0.15, 0.2) is 0 Å². The molecule has 94 valence electrons. The van der Waals surface area contributed by atoms with Gasteiger partial charge < -0.3 is 20.0 Å². The van der Waals surface area contributed by atoms with Crippen molar-refractivity contribution >= 4 is 6.16 Å². The van der Waals surface area contributed by atoms with Gasteiger partial charge in [0.25, 0.3) is 0 Å². The Morgan fingerprint density at radius 2 is 2.19 bits per heavy atom. The first kappa shape index (κ1) is 13.2. The second-order valence-electron chi connectivity index (χ2n) is 4.85. The highest BCUT2D eigenvalue weighted by molar-refractivity contribution is 5.60. The molecule has 2 atom stereocenters. The number of hydroxylamine groups is 1. The summed E-state index contributed by atoms with van der Waals surface area (Å²) in [5.74, 6) is 0. The van der Waals surface area contributed by atoms with E-state index in [0.29, 0.717) is 13.0 Å². The van der Waals surface area contributed by atoms with Gasteiger partial charge in [-0.2, -0.15) is 0 Å². The van der Waals surface area contributed by atoms with Gasteiger partial charge in [0, 0.05) is 6.54 Å². The van der Waals surface area contributed by atoms with E-state index < -0.39 is 17.9 Å². The second-order valence-corrected chi connectivity index (χ2v) is 4.85. The SMILES string of the molecule is CC(C)(C)OC(=O)ON[C@H]1CCNC[C@@H]1O. The number of carbonyl (C=O) groups excluding carboxylic acids is 1. The molecule has 0 spiro atoms. The number of piperidine rings is 1. The molecule has 16 heavy (non-hydrogen) atoms. The molecule has 6 nitrogen and oxygen atoms in total. The van der Waals surface area contributed by atoms with Crippen LogP contribution in [0.5, 0.6) is 0 Å². The maximum absolute atomic E-state index is 11.2. The highest BCUT2D eigenvalue weighted by Crippen LogP contribution is 2.08. The summed E-state index contributed by atoms with van der Waals surface area (Å²) in [5, 5.41) is 12.6. The van der Waals surface area contributed by atoms with Crippen LogP contribution in [0.4, 0.5) is 4.79 Å². The molecule has 3 N–H and O–H groups in total. The van der Waals surface area contributed by atoms with Crippen LogP contribution in [0.25, 0.3) is 0 Å². The van der Waals surface area contributed by atoms with Crippen LogP contribution in [0.15, 0.2) is 0 Å². The third-order valence-electron chi connectivity index (χ3n) is 2.13. The molecule has 0 unspecified atom stereocenters. The van der Waals surface area contributed by atoms with Gasteiger partial charge in [-0.25, -0.2) is 4.79 Å². The van der Waals surface area contributed by atoms with Gasteiger partial charge in [0.2, 0.25) is 0 Å². The van der Waals surface area contributed by atoms with E-state index in [2.05, 4.69) is 10.8 Å². The van der Waals surface area contributed by atoms with E-state index in [9.17, 15) is 9.90 Å². The first-order valence-corrected chi connectivity index (χ1v) is 5.42. The average Bonchev–Trinajstić information content (AvgIpc) is 2.14. The molecule has 1 rings (SSSR count). The summed E-state index contributed by atoms with van der Waals surface area (Å²) >= 11 is 0. The van der Waals surface area contributed by atoms with Gasteiger partial charge in [-0.1, -0.05) is 0 Å². The van der Waals surface area contributed by atoms with E-state index in [0.717, 1.165) is 6.54 Å². The monoisotopic (exact) mass is 232 g/mol. The Balaban J connectivity index is 2.25. The van der Waals surface area contributed by atoms with Gasteiger partial charge in [-0.15, -0.1) is 5.48 Å². The lowest BCUT2D eigenvalue weighted by molar-refractivity contribution is -0.0563. The van der Waals surface area contributed by atoms with E-state index in [1.54, 1.807) is 20.8 Å². The zero-order chi connectivity index (χ0) is 12.2. The average molecular weight is 232 g/mol. The topological polar surface area (TPSA) is 79.8 Å². The lowest BCUT2D eigenvalue weighted by Gasteiger charge is -2.28. The number of aliphatic hydroxyl groups excluding tert-OH is 1. The first-order valence-electron chi connectivity index (χ1n) is 5.42. The summed E-state index contributed by atoms with van der Waals surface area (Å²) in [6.07, 6.45) is -0.640. The zero-order valence-corrected chi connectivity index (χ0v) is 9.95. The molecule has 0 aliphatic carbocycles. The molecule has 0 aromatic carbocycles. The number of ether oxygens (including phenoxy) is 1. The molecule has 0 saturated carbocycles. The van der Waals surface area contributed by atoms with Gasteiger partial charge in [-0.05, 0) is 33.7 Å². The van der Waals surface area contributed by atoms with E-state index in [4.69, 9.17) is 9.57 Å². The van der Waals surface area contributed by atoms with Crippen LogP contribution in [0.2, 0.25) is 0 Å². The molecule has 0 radical (unpaired) electrons. The predicted molar refractivity (Wildman–Crippen MR) is 57.7 cm³/mol. The fourth-order valence-corrected chi connectivity index (χ4v) is 1.37. The molecule has 1 heterocycles. The highest BCUT2D eigenvalue weighted by atomic mass is 16.8. The number of aliphatic hydroxyl groups is 1. The summed E-state index contributed by atoms with van der Waals surface area (Å²) in [4.78, 5) is 15.9. The molecule has 0 aromatic heterocycles. The molecule has 1 saturated heterocycles. The molecule has 0 amide bonds. The molecule has 0 bridgehead atoms. The lowest BCUT2D eigenvalue weighted by Crippen LogP contribution is -2.51. The molecular weight excluding hydrogens is 212 g/mol. The van der Waals surface area contributed by atoms with Crippen LogP contribution in [-0.4, -0.2) is 42.1 Å². The van der Waals surface area contributed by atoms with Gasteiger partial charge in [0.05, 0.1) is 12.1 Å². The number of β-amino-alcohol motifs (C(OH)–C–C–N with tert-alkyl or cyclic N) is 1. The Hall–Kier alpha value is -0.850. The lowest BCUT2D eigenvalue weighted by atomic mass is 10.1. The summed E-state index contributed by atoms with van der Waals surface area (Å²) in [6, 6.07) is -0.242. The minimum atomic E-state index is -0.779. The van der Waals surface area contributed by atoms with E-state index in [1.165, 1.54) is 0 Å². The quantitative estimate of drug-likeness (QED) is 0.465. The maximum atomic E-state index is 11.2.